The molecule has 3 aromatic rings. The van der Waals surface area contributed by atoms with E-state index < -0.39 is 5.97 Å². The molecule has 0 aliphatic carbocycles. The molecule has 1 heterocycles. The molecule has 0 spiro atoms. The minimum absolute atomic E-state index is 0.194. The molecule has 0 aliphatic rings. The number of ether oxygens (including phenoxy) is 1. The smallest absolute Gasteiger partial charge is 0.338 e. The van der Waals surface area contributed by atoms with Crippen LogP contribution in [0.3, 0.4) is 0 Å². The number of rotatable bonds is 4. The molecule has 0 fully saturated rings. The minimum atomic E-state index is -0.504. The van der Waals surface area contributed by atoms with Crippen LogP contribution in [-0.2, 0) is 4.74 Å². The van der Waals surface area contributed by atoms with Gasteiger partial charge >= 0.3 is 5.97 Å². The van der Waals surface area contributed by atoms with Crippen molar-refractivity contribution in [1.82, 2.24) is 0 Å². The topological polar surface area (TPSA) is 56.5 Å². The number of ketones is 1. The third kappa shape index (κ3) is 3.16. The van der Waals surface area contributed by atoms with E-state index in [1.165, 1.54) is 0 Å². The van der Waals surface area contributed by atoms with Crippen LogP contribution in [0.15, 0.2) is 52.9 Å². The average molecular weight is 308 g/mol. The van der Waals surface area contributed by atoms with Crippen LogP contribution in [-0.4, -0.2) is 18.4 Å². The normalized spacial score (nSPS) is 10.7. The summed E-state index contributed by atoms with van der Waals surface area (Å²) < 4.78 is 10.6. The summed E-state index contributed by atoms with van der Waals surface area (Å²) in [6, 6.07) is 14.5. The van der Waals surface area contributed by atoms with Gasteiger partial charge in [-0.1, -0.05) is 35.9 Å². The molecule has 0 radical (unpaired) electrons. The summed E-state index contributed by atoms with van der Waals surface area (Å²) in [5.74, 6) is -0.671. The standard InChI is InChI=1S/C19H16O4/c1-12-7-8-13(2)15(9-12)19(21)22-11-16(20)18-10-14-5-3-4-6-17(14)23-18/h3-10H,11H2,1-2H3. The summed E-state index contributed by atoms with van der Waals surface area (Å²) in [5, 5.41) is 0.844. The number of fused-ring (bicyclic) bond motifs is 1. The third-order valence-corrected chi connectivity index (χ3v) is 3.65. The predicted molar refractivity (Wildman–Crippen MR) is 86.7 cm³/mol. The van der Waals surface area contributed by atoms with Gasteiger partial charge < -0.3 is 9.15 Å². The van der Waals surface area contributed by atoms with Gasteiger partial charge in [-0.05, 0) is 37.6 Å². The summed E-state index contributed by atoms with van der Waals surface area (Å²) in [6.45, 7) is 3.39. The Kier molecular flexibility index (Phi) is 3.98. The zero-order valence-corrected chi connectivity index (χ0v) is 13.0. The molecule has 0 bridgehead atoms. The number of carbonyl (C=O) groups is 2. The number of benzene rings is 2. The Morgan fingerprint density at radius 1 is 1.04 bits per heavy atom. The number of furan rings is 1. The van der Waals surface area contributed by atoms with Crippen molar-refractivity contribution in [1.29, 1.82) is 0 Å². The van der Waals surface area contributed by atoms with E-state index in [1.807, 2.05) is 44.2 Å². The first-order chi connectivity index (χ1) is 11.0. The Balaban J connectivity index is 1.71. The van der Waals surface area contributed by atoms with Crippen molar-refractivity contribution in [3.05, 3.63) is 71.0 Å². The lowest BCUT2D eigenvalue weighted by molar-refractivity contribution is 0.0467. The van der Waals surface area contributed by atoms with Crippen molar-refractivity contribution >= 4 is 22.7 Å². The van der Waals surface area contributed by atoms with E-state index >= 15 is 0 Å². The minimum Gasteiger partial charge on any atom is -0.454 e. The second-order valence-corrected chi connectivity index (χ2v) is 5.47. The lowest BCUT2D eigenvalue weighted by Gasteiger charge is -2.06. The Labute approximate surface area is 133 Å². The van der Waals surface area contributed by atoms with Gasteiger partial charge in [0.1, 0.15) is 5.58 Å². The molecule has 0 saturated heterocycles. The summed E-state index contributed by atoms with van der Waals surface area (Å²) in [4.78, 5) is 24.3. The van der Waals surface area contributed by atoms with E-state index in [0.29, 0.717) is 11.1 Å². The van der Waals surface area contributed by atoms with Crippen LogP contribution in [0.2, 0.25) is 0 Å². The van der Waals surface area contributed by atoms with Gasteiger partial charge in [-0.2, -0.15) is 0 Å². The second kappa shape index (κ2) is 6.08. The molecule has 1 aromatic heterocycles. The van der Waals surface area contributed by atoms with Gasteiger partial charge in [-0.3, -0.25) is 4.79 Å². The van der Waals surface area contributed by atoms with Crippen LogP contribution in [0.1, 0.15) is 32.0 Å². The highest BCUT2D eigenvalue weighted by molar-refractivity contribution is 6.00. The molecule has 3 rings (SSSR count). The molecule has 0 atom stereocenters. The first-order valence-corrected chi connectivity index (χ1v) is 7.31. The van der Waals surface area contributed by atoms with Gasteiger partial charge in [0.05, 0.1) is 5.56 Å². The number of esters is 1. The molecule has 23 heavy (non-hydrogen) atoms. The molecule has 0 N–H and O–H groups in total. The largest absolute Gasteiger partial charge is 0.454 e. The molecular weight excluding hydrogens is 292 g/mol. The summed E-state index contributed by atoms with van der Waals surface area (Å²) in [5.41, 5.74) is 2.89. The van der Waals surface area contributed by atoms with Crippen molar-refractivity contribution < 1.29 is 18.7 Å². The van der Waals surface area contributed by atoms with Gasteiger partial charge in [-0.15, -0.1) is 0 Å². The summed E-state index contributed by atoms with van der Waals surface area (Å²) in [6.07, 6.45) is 0. The Morgan fingerprint density at radius 2 is 1.83 bits per heavy atom. The molecule has 4 nitrogen and oxygen atoms in total. The first-order valence-electron chi connectivity index (χ1n) is 7.31. The zero-order valence-electron chi connectivity index (χ0n) is 13.0. The molecule has 4 heteroatoms. The fourth-order valence-electron chi connectivity index (χ4n) is 2.36. The highest BCUT2D eigenvalue weighted by atomic mass is 16.5. The van der Waals surface area contributed by atoms with Gasteiger partial charge in [-0.25, -0.2) is 4.79 Å². The van der Waals surface area contributed by atoms with E-state index in [4.69, 9.17) is 9.15 Å². The molecule has 0 aliphatic heterocycles. The van der Waals surface area contributed by atoms with Crippen LogP contribution < -0.4 is 0 Å². The first kappa shape index (κ1) is 15.0. The monoisotopic (exact) mass is 308 g/mol. The lowest BCUT2D eigenvalue weighted by Crippen LogP contribution is -2.14. The number of aryl methyl sites for hydroxylation is 2. The van der Waals surface area contributed by atoms with Crippen LogP contribution in [0.25, 0.3) is 11.0 Å². The fraction of sp³-hybridized carbons (Fsp3) is 0.158. The van der Waals surface area contributed by atoms with E-state index in [9.17, 15) is 9.59 Å². The number of Topliss-reactive ketones (excluding diaryl/α,β-unsaturated/α-hetero) is 1. The quantitative estimate of drug-likeness (QED) is 0.538. The van der Waals surface area contributed by atoms with Gasteiger partial charge in [0.2, 0.25) is 5.78 Å². The molecule has 0 amide bonds. The summed E-state index contributed by atoms with van der Waals surface area (Å²) in [7, 11) is 0. The number of hydrogen-bond acceptors (Lipinski definition) is 4. The SMILES string of the molecule is Cc1ccc(C)c(C(=O)OCC(=O)c2cc3ccccc3o2)c1. The number of para-hydroxylation sites is 1. The predicted octanol–water partition coefficient (Wildman–Crippen LogP) is 4.09. The third-order valence-electron chi connectivity index (χ3n) is 3.65. The molecular formula is C19H16O4. The van der Waals surface area contributed by atoms with Gasteiger partial charge in [0.15, 0.2) is 12.4 Å². The highest BCUT2D eigenvalue weighted by Crippen LogP contribution is 2.19. The van der Waals surface area contributed by atoms with E-state index in [1.54, 1.807) is 18.2 Å². The van der Waals surface area contributed by atoms with Crippen molar-refractivity contribution in [2.45, 2.75) is 13.8 Å². The van der Waals surface area contributed by atoms with Crippen LogP contribution in [0.5, 0.6) is 0 Å². The van der Waals surface area contributed by atoms with Crippen LogP contribution in [0.4, 0.5) is 0 Å². The van der Waals surface area contributed by atoms with Crippen molar-refractivity contribution in [3.8, 4) is 0 Å². The lowest BCUT2D eigenvalue weighted by atomic mass is 10.1. The molecule has 116 valence electrons. The second-order valence-electron chi connectivity index (χ2n) is 5.47. The Morgan fingerprint density at radius 3 is 2.61 bits per heavy atom. The maximum absolute atomic E-state index is 12.1. The van der Waals surface area contributed by atoms with Crippen molar-refractivity contribution in [2.24, 2.45) is 0 Å². The average Bonchev–Trinajstić information content (AvgIpc) is 2.98. The Bertz CT molecular complexity index is 856. The zero-order chi connectivity index (χ0) is 16.4. The van der Waals surface area contributed by atoms with Crippen molar-refractivity contribution in [3.63, 3.8) is 0 Å². The van der Waals surface area contributed by atoms with Gasteiger partial charge in [0.25, 0.3) is 0 Å². The molecule has 0 saturated carbocycles. The maximum atomic E-state index is 12.1. The molecule has 0 unspecified atom stereocenters. The fourth-order valence-corrected chi connectivity index (χ4v) is 2.36. The maximum Gasteiger partial charge on any atom is 0.338 e. The highest BCUT2D eigenvalue weighted by Gasteiger charge is 2.16. The number of carbonyl (C=O) groups excluding carboxylic acids is 2. The van der Waals surface area contributed by atoms with Crippen molar-refractivity contribution in [2.75, 3.05) is 6.61 Å². The molecule has 2 aromatic carbocycles. The number of hydrogen-bond donors (Lipinski definition) is 0. The van der Waals surface area contributed by atoms with Crippen LogP contribution >= 0.6 is 0 Å². The Hall–Kier alpha value is -2.88. The van der Waals surface area contributed by atoms with E-state index in [-0.39, 0.29) is 18.2 Å². The van der Waals surface area contributed by atoms with E-state index in [0.717, 1.165) is 16.5 Å². The van der Waals surface area contributed by atoms with Crippen LogP contribution in [0, 0.1) is 13.8 Å². The van der Waals surface area contributed by atoms with Gasteiger partial charge in [0, 0.05) is 5.39 Å². The van der Waals surface area contributed by atoms with E-state index in [2.05, 4.69) is 0 Å². The summed E-state index contributed by atoms with van der Waals surface area (Å²) >= 11 is 0.